The van der Waals surface area contributed by atoms with Gasteiger partial charge in [-0.3, -0.25) is 10.1 Å². The standard InChI is InChI=1S/C19H15F3N2O5.C2H6/c1-10-7-15(28-3)23-17-13(24(25)26)9-14(27-2)18(16(10)17)29-12-6-4-5-11(8-12)19(20,21)22;1-2/h4-9H,1-3H3;1-2H3. The van der Waals surface area contributed by atoms with Crippen LogP contribution in [0.1, 0.15) is 25.0 Å². The van der Waals surface area contributed by atoms with Crippen LogP contribution in [0.5, 0.6) is 23.1 Å². The summed E-state index contributed by atoms with van der Waals surface area (Å²) in [7, 11) is 2.64. The molecule has 0 aliphatic carbocycles. The number of fused-ring (bicyclic) bond motifs is 1. The molecule has 2 aromatic carbocycles. The van der Waals surface area contributed by atoms with Crippen LogP contribution in [0.2, 0.25) is 0 Å². The SMILES string of the molecule is CC.COc1cc(C)c2c(Oc3cccc(C(F)(F)F)c3)c(OC)cc([N+](=O)[O-])c2n1. The average molecular weight is 438 g/mol. The van der Waals surface area contributed by atoms with Crippen molar-refractivity contribution in [3.05, 3.63) is 57.6 Å². The van der Waals surface area contributed by atoms with Gasteiger partial charge in [-0.1, -0.05) is 19.9 Å². The topological polar surface area (TPSA) is 83.7 Å². The van der Waals surface area contributed by atoms with Crippen LogP contribution in [-0.4, -0.2) is 24.1 Å². The van der Waals surface area contributed by atoms with Crippen LogP contribution >= 0.6 is 0 Å². The number of methoxy groups -OCH3 is 2. The molecule has 0 N–H and O–H groups in total. The molecule has 0 spiro atoms. The highest BCUT2D eigenvalue weighted by atomic mass is 19.4. The van der Waals surface area contributed by atoms with E-state index in [4.69, 9.17) is 14.2 Å². The van der Waals surface area contributed by atoms with Crippen LogP contribution < -0.4 is 14.2 Å². The summed E-state index contributed by atoms with van der Waals surface area (Å²) < 4.78 is 55.0. The molecular formula is C21H21F3N2O5. The summed E-state index contributed by atoms with van der Waals surface area (Å²) in [5, 5.41) is 11.8. The number of nitrogens with zero attached hydrogens (tertiary/aromatic N) is 2. The lowest BCUT2D eigenvalue weighted by atomic mass is 10.1. The van der Waals surface area contributed by atoms with E-state index in [0.717, 1.165) is 18.2 Å². The quantitative estimate of drug-likeness (QED) is 0.343. The molecule has 166 valence electrons. The van der Waals surface area contributed by atoms with Crippen LogP contribution in [0.4, 0.5) is 18.9 Å². The molecule has 0 aliphatic heterocycles. The zero-order valence-electron chi connectivity index (χ0n) is 17.5. The number of halogens is 3. The number of hydrogen-bond acceptors (Lipinski definition) is 6. The maximum absolute atomic E-state index is 13.0. The molecule has 1 aromatic heterocycles. The van der Waals surface area contributed by atoms with Crippen LogP contribution in [0.25, 0.3) is 10.9 Å². The Kier molecular flexibility index (Phi) is 7.27. The van der Waals surface area contributed by atoms with E-state index >= 15 is 0 Å². The smallest absolute Gasteiger partial charge is 0.416 e. The third-order valence-electron chi connectivity index (χ3n) is 4.16. The van der Waals surface area contributed by atoms with Crippen LogP contribution in [0.15, 0.2) is 36.4 Å². The van der Waals surface area contributed by atoms with Gasteiger partial charge in [-0.25, -0.2) is 4.98 Å². The highest BCUT2D eigenvalue weighted by molar-refractivity contribution is 5.97. The third kappa shape index (κ3) is 4.96. The highest BCUT2D eigenvalue weighted by Crippen LogP contribution is 2.45. The molecule has 0 atom stereocenters. The summed E-state index contributed by atoms with van der Waals surface area (Å²) in [6.45, 7) is 5.65. The van der Waals surface area contributed by atoms with Crippen molar-refractivity contribution in [1.82, 2.24) is 4.98 Å². The van der Waals surface area contributed by atoms with Gasteiger partial charge >= 0.3 is 6.18 Å². The summed E-state index contributed by atoms with van der Waals surface area (Å²) >= 11 is 0. The Morgan fingerprint density at radius 3 is 2.29 bits per heavy atom. The minimum atomic E-state index is -4.55. The van der Waals surface area contributed by atoms with Crippen molar-refractivity contribution in [1.29, 1.82) is 0 Å². The van der Waals surface area contributed by atoms with E-state index in [-0.39, 0.29) is 39.7 Å². The third-order valence-corrected chi connectivity index (χ3v) is 4.16. The van der Waals surface area contributed by atoms with E-state index in [1.165, 1.54) is 32.4 Å². The molecule has 0 saturated heterocycles. The van der Waals surface area contributed by atoms with E-state index in [1.54, 1.807) is 6.92 Å². The lowest BCUT2D eigenvalue weighted by molar-refractivity contribution is -0.383. The maximum Gasteiger partial charge on any atom is 0.416 e. The number of pyridine rings is 1. The lowest BCUT2D eigenvalue weighted by Gasteiger charge is -2.16. The number of nitro benzene ring substituents is 1. The number of aryl methyl sites for hydroxylation is 1. The highest BCUT2D eigenvalue weighted by Gasteiger charge is 2.31. The van der Waals surface area contributed by atoms with Gasteiger partial charge in [0.05, 0.1) is 36.2 Å². The molecule has 0 amide bonds. The summed E-state index contributed by atoms with van der Waals surface area (Å²) in [6, 6.07) is 6.93. The van der Waals surface area contributed by atoms with Gasteiger partial charge in [0.25, 0.3) is 5.69 Å². The van der Waals surface area contributed by atoms with Gasteiger partial charge in [-0.05, 0) is 30.7 Å². The largest absolute Gasteiger partial charge is 0.493 e. The monoisotopic (exact) mass is 438 g/mol. The van der Waals surface area contributed by atoms with E-state index in [1.807, 2.05) is 13.8 Å². The van der Waals surface area contributed by atoms with Gasteiger partial charge in [-0.15, -0.1) is 0 Å². The zero-order valence-corrected chi connectivity index (χ0v) is 17.5. The Bertz CT molecular complexity index is 1100. The van der Waals surface area contributed by atoms with Crippen molar-refractivity contribution in [3.8, 4) is 23.1 Å². The minimum Gasteiger partial charge on any atom is -0.493 e. The molecule has 1 heterocycles. The second kappa shape index (κ2) is 9.50. The molecule has 0 bridgehead atoms. The van der Waals surface area contributed by atoms with Gasteiger partial charge < -0.3 is 14.2 Å². The van der Waals surface area contributed by atoms with Crippen molar-refractivity contribution in [2.24, 2.45) is 0 Å². The lowest BCUT2D eigenvalue weighted by Crippen LogP contribution is -2.05. The number of ether oxygens (including phenoxy) is 3. The number of benzene rings is 2. The van der Waals surface area contributed by atoms with Crippen LogP contribution in [0, 0.1) is 17.0 Å². The normalized spacial score (nSPS) is 10.8. The second-order valence-electron chi connectivity index (χ2n) is 6.02. The Morgan fingerprint density at radius 1 is 1.06 bits per heavy atom. The molecule has 10 heteroatoms. The maximum atomic E-state index is 13.0. The second-order valence-corrected chi connectivity index (χ2v) is 6.02. The van der Waals surface area contributed by atoms with Crippen molar-refractivity contribution in [2.75, 3.05) is 14.2 Å². The van der Waals surface area contributed by atoms with Crippen LogP contribution in [-0.2, 0) is 6.18 Å². The number of hydrogen-bond donors (Lipinski definition) is 0. The molecule has 3 rings (SSSR count). The van der Waals surface area contributed by atoms with E-state index in [9.17, 15) is 23.3 Å². The number of non-ortho nitro benzene ring substituents is 1. The molecule has 3 aromatic rings. The molecule has 0 unspecified atom stereocenters. The van der Waals surface area contributed by atoms with Crippen molar-refractivity contribution in [2.45, 2.75) is 26.9 Å². The molecule has 0 aliphatic rings. The number of rotatable bonds is 5. The Balaban J connectivity index is 0.00000166. The summed E-state index contributed by atoms with van der Waals surface area (Å²) in [4.78, 5) is 15.0. The Morgan fingerprint density at radius 2 is 1.74 bits per heavy atom. The van der Waals surface area contributed by atoms with Crippen molar-refractivity contribution < 1.29 is 32.3 Å². The van der Waals surface area contributed by atoms with E-state index in [2.05, 4.69) is 4.98 Å². The minimum absolute atomic E-state index is 0.0140. The first-order valence-electron chi connectivity index (χ1n) is 9.21. The van der Waals surface area contributed by atoms with Crippen LogP contribution in [0.3, 0.4) is 0 Å². The van der Waals surface area contributed by atoms with Gasteiger partial charge in [0.15, 0.2) is 17.0 Å². The van der Waals surface area contributed by atoms with E-state index < -0.39 is 16.7 Å². The summed E-state index contributed by atoms with van der Waals surface area (Å²) in [5.74, 6) is 0.0357. The Labute approximate surface area is 176 Å². The number of alkyl halides is 3. The van der Waals surface area contributed by atoms with Gasteiger partial charge in [-0.2, -0.15) is 13.2 Å². The zero-order chi connectivity index (χ0) is 23.3. The fraction of sp³-hybridized carbons (Fsp3) is 0.286. The first-order chi connectivity index (χ1) is 14.7. The molecule has 0 radical (unpaired) electrons. The average Bonchev–Trinajstić information content (AvgIpc) is 2.74. The predicted octanol–water partition coefficient (Wildman–Crippen LogP) is 6.31. The number of nitro groups is 1. The van der Waals surface area contributed by atoms with Crippen molar-refractivity contribution in [3.63, 3.8) is 0 Å². The van der Waals surface area contributed by atoms with Crippen molar-refractivity contribution >= 4 is 16.6 Å². The fourth-order valence-corrected chi connectivity index (χ4v) is 2.85. The Hall–Kier alpha value is -3.56. The van der Waals surface area contributed by atoms with Gasteiger partial charge in [0.1, 0.15) is 5.75 Å². The van der Waals surface area contributed by atoms with E-state index in [0.29, 0.717) is 5.56 Å². The van der Waals surface area contributed by atoms with Gasteiger partial charge in [0, 0.05) is 6.07 Å². The molecule has 7 nitrogen and oxygen atoms in total. The first kappa shape index (κ1) is 23.7. The molecule has 0 saturated carbocycles. The molecule has 31 heavy (non-hydrogen) atoms. The first-order valence-corrected chi connectivity index (χ1v) is 9.21. The molecular weight excluding hydrogens is 417 g/mol. The van der Waals surface area contributed by atoms with Gasteiger partial charge in [0.2, 0.25) is 5.88 Å². The summed E-state index contributed by atoms with van der Waals surface area (Å²) in [6.07, 6.45) is -4.55. The number of aromatic nitrogens is 1. The summed E-state index contributed by atoms with van der Waals surface area (Å²) in [5.41, 5.74) is -0.766. The molecule has 0 fully saturated rings. The predicted molar refractivity (Wildman–Crippen MR) is 109 cm³/mol. The fourth-order valence-electron chi connectivity index (χ4n) is 2.85.